The van der Waals surface area contributed by atoms with Gasteiger partial charge in [-0.3, -0.25) is 19.2 Å². The Kier molecular flexibility index (Phi) is 20.0. The fourth-order valence-corrected chi connectivity index (χ4v) is 9.26. The number of nitrogens with one attached hydrogen (secondary N) is 3. The SMILES string of the molecule is CCCCCCCCCCCCCC(=O)CNC(=O)N[C@H](C(=O)C[C@@H](C)C(=O)N[C@@H](CCCCN)C(=O)C[C@@H](C)B1O[C@@H]2C[C@@H]3C[C@@H](C3(C)C)[C@]2(C)O1)[C@@H](C)O. The fraction of sp³-hybridized carbons (Fsp3) is 0.884. The standard InChI is InChI=1S/C43H77BN4O8/c1-8-9-10-11-12-13-14-15-16-17-18-21-33(50)28-46-41(54)48-39(31(4)49)36(52)24-29(2)40(53)47-34(22-19-20-23-45)35(51)25-30(3)44-55-38-27-32-26-37(42(32,5)6)43(38,7)56-44/h29-32,34,37-39,49H,8-28,45H2,1-7H3,(H,47,53)(H2,46,48,54)/t29-,30-,31-,32+,34+,37+,38-,39+,43+/m1/s1. The third-order valence-electron chi connectivity index (χ3n) is 13.2. The number of nitrogens with two attached hydrogens (primary N) is 1. The van der Waals surface area contributed by atoms with E-state index in [0.717, 1.165) is 32.1 Å². The van der Waals surface area contributed by atoms with Crippen LogP contribution in [0.25, 0.3) is 0 Å². The van der Waals surface area contributed by atoms with Crippen molar-refractivity contribution in [3.8, 4) is 0 Å². The Morgan fingerprint density at radius 3 is 2.04 bits per heavy atom. The van der Waals surface area contributed by atoms with Gasteiger partial charge in [0.1, 0.15) is 6.04 Å². The first-order valence-electron chi connectivity index (χ1n) is 22.2. The van der Waals surface area contributed by atoms with E-state index >= 15 is 0 Å². The monoisotopic (exact) mass is 789 g/mol. The molecule has 9 atom stereocenters. The highest BCUT2D eigenvalue weighted by Crippen LogP contribution is 2.66. The van der Waals surface area contributed by atoms with Gasteiger partial charge in [-0.2, -0.15) is 0 Å². The van der Waals surface area contributed by atoms with Crippen molar-refractivity contribution in [3.05, 3.63) is 0 Å². The topological polar surface area (TPSA) is 186 Å². The van der Waals surface area contributed by atoms with Crippen LogP contribution in [-0.2, 0) is 28.5 Å². The number of Topliss-reactive ketones (excluding diaryl/α,β-unsaturated/α-hetero) is 3. The lowest BCUT2D eigenvalue weighted by atomic mass is 9.43. The summed E-state index contributed by atoms with van der Waals surface area (Å²) in [4.78, 5) is 65.4. The van der Waals surface area contributed by atoms with Gasteiger partial charge in [0.15, 0.2) is 17.3 Å². The molecule has 0 aromatic heterocycles. The molecule has 0 aromatic carbocycles. The van der Waals surface area contributed by atoms with E-state index in [0.29, 0.717) is 44.1 Å². The lowest BCUT2D eigenvalue weighted by Gasteiger charge is -2.64. The summed E-state index contributed by atoms with van der Waals surface area (Å²) >= 11 is 0. The van der Waals surface area contributed by atoms with Gasteiger partial charge in [-0.15, -0.1) is 0 Å². The zero-order valence-electron chi connectivity index (χ0n) is 35.9. The molecule has 3 aliphatic carbocycles. The largest absolute Gasteiger partial charge is 0.461 e. The van der Waals surface area contributed by atoms with Gasteiger partial charge in [-0.1, -0.05) is 98.8 Å². The molecule has 3 amide bonds. The molecule has 0 spiro atoms. The van der Waals surface area contributed by atoms with Gasteiger partial charge in [0, 0.05) is 25.2 Å². The first-order chi connectivity index (χ1) is 26.5. The van der Waals surface area contributed by atoms with Crippen LogP contribution in [0.4, 0.5) is 4.79 Å². The quantitative estimate of drug-likeness (QED) is 0.0412. The molecule has 6 N–H and O–H groups in total. The van der Waals surface area contributed by atoms with E-state index < -0.39 is 48.9 Å². The first-order valence-corrected chi connectivity index (χ1v) is 22.2. The summed E-state index contributed by atoms with van der Waals surface area (Å²) in [6.07, 6.45) is 16.0. The van der Waals surface area contributed by atoms with Gasteiger partial charge in [0.25, 0.3) is 0 Å². The van der Waals surface area contributed by atoms with E-state index in [1.165, 1.54) is 58.3 Å². The molecule has 56 heavy (non-hydrogen) atoms. The maximum Gasteiger partial charge on any atom is 0.461 e. The molecule has 0 radical (unpaired) electrons. The highest BCUT2D eigenvalue weighted by molar-refractivity contribution is 6.47. The summed E-state index contributed by atoms with van der Waals surface area (Å²) in [6.45, 7) is 14.2. The molecule has 13 heteroatoms. The summed E-state index contributed by atoms with van der Waals surface area (Å²) in [7, 11) is -0.504. The van der Waals surface area contributed by atoms with Gasteiger partial charge in [0.05, 0.1) is 30.4 Å². The van der Waals surface area contributed by atoms with E-state index in [1.807, 2.05) is 6.92 Å². The van der Waals surface area contributed by atoms with Crippen molar-refractivity contribution in [1.29, 1.82) is 0 Å². The summed E-state index contributed by atoms with van der Waals surface area (Å²) in [5.41, 5.74) is 5.56. The molecule has 320 valence electrons. The Morgan fingerprint density at radius 2 is 1.45 bits per heavy atom. The number of rotatable bonds is 29. The molecule has 12 nitrogen and oxygen atoms in total. The minimum atomic E-state index is -1.27. The summed E-state index contributed by atoms with van der Waals surface area (Å²) in [5, 5.41) is 18.2. The van der Waals surface area contributed by atoms with E-state index in [2.05, 4.69) is 43.6 Å². The van der Waals surface area contributed by atoms with Crippen molar-refractivity contribution >= 4 is 36.4 Å². The van der Waals surface area contributed by atoms with Crippen molar-refractivity contribution in [3.63, 3.8) is 0 Å². The number of urea groups is 1. The minimum Gasteiger partial charge on any atom is -0.405 e. The molecule has 4 rings (SSSR count). The average Bonchev–Trinajstić information content (AvgIpc) is 3.52. The Morgan fingerprint density at radius 1 is 0.821 bits per heavy atom. The zero-order chi connectivity index (χ0) is 41.5. The number of amides is 3. The van der Waals surface area contributed by atoms with Crippen molar-refractivity contribution in [2.45, 2.75) is 206 Å². The molecular formula is C43H77BN4O8. The molecule has 4 fully saturated rings. The molecule has 1 heterocycles. The van der Waals surface area contributed by atoms with Crippen LogP contribution >= 0.6 is 0 Å². The van der Waals surface area contributed by atoms with Gasteiger partial charge in [0.2, 0.25) is 5.91 Å². The second-order valence-electron chi connectivity index (χ2n) is 18.3. The second kappa shape index (κ2) is 23.3. The van der Waals surface area contributed by atoms with Crippen LogP contribution in [-0.4, -0.2) is 84.5 Å². The van der Waals surface area contributed by atoms with Crippen LogP contribution in [0.3, 0.4) is 0 Å². The Bertz CT molecular complexity index is 1280. The lowest BCUT2D eigenvalue weighted by molar-refractivity contribution is -0.199. The lowest BCUT2D eigenvalue weighted by Crippen LogP contribution is -2.65. The molecule has 1 aliphatic heterocycles. The Balaban J connectivity index is 1.41. The average molecular weight is 789 g/mol. The number of hydrogen-bond acceptors (Lipinski definition) is 9. The smallest absolute Gasteiger partial charge is 0.405 e. The van der Waals surface area contributed by atoms with Crippen molar-refractivity contribution < 1.29 is 38.4 Å². The van der Waals surface area contributed by atoms with Gasteiger partial charge < -0.3 is 36.1 Å². The molecule has 0 unspecified atom stereocenters. The van der Waals surface area contributed by atoms with E-state index in [4.69, 9.17) is 15.0 Å². The normalized spacial score (nSPS) is 24.9. The Hall–Kier alpha value is -2.35. The number of carbonyl (C=O) groups excluding carboxylic acids is 5. The van der Waals surface area contributed by atoms with E-state index in [1.54, 1.807) is 6.92 Å². The van der Waals surface area contributed by atoms with Crippen LogP contribution in [0.15, 0.2) is 0 Å². The molecule has 3 saturated carbocycles. The molecular weight excluding hydrogens is 711 g/mol. The molecule has 0 aromatic rings. The van der Waals surface area contributed by atoms with Crippen molar-refractivity contribution in [2.75, 3.05) is 13.1 Å². The van der Waals surface area contributed by atoms with Gasteiger partial charge in [-0.25, -0.2) is 4.79 Å². The maximum atomic E-state index is 13.7. The van der Waals surface area contributed by atoms with Crippen LogP contribution in [0.5, 0.6) is 0 Å². The number of hydrogen-bond donors (Lipinski definition) is 5. The number of ketones is 3. The summed E-state index contributed by atoms with van der Waals surface area (Å²) < 4.78 is 13.0. The maximum absolute atomic E-state index is 13.7. The van der Waals surface area contributed by atoms with E-state index in [9.17, 15) is 29.1 Å². The third-order valence-corrected chi connectivity index (χ3v) is 13.2. The van der Waals surface area contributed by atoms with Crippen LogP contribution in [0.2, 0.25) is 5.82 Å². The number of carbonyl (C=O) groups is 5. The minimum absolute atomic E-state index is 0.0119. The number of aliphatic hydroxyl groups is 1. The van der Waals surface area contributed by atoms with Crippen LogP contribution < -0.4 is 21.7 Å². The number of aliphatic hydroxyl groups excluding tert-OH is 1. The highest BCUT2D eigenvalue weighted by Gasteiger charge is 2.68. The van der Waals surface area contributed by atoms with Gasteiger partial charge in [-0.05, 0) is 82.0 Å². The zero-order valence-corrected chi connectivity index (χ0v) is 35.9. The third kappa shape index (κ3) is 13.9. The Labute approximate surface area is 338 Å². The van der Waals surface area contributed by atoms with Crippen LogP contribution in [0.1, 0.15) is 170 Å². The molecule has 2 bridgehead atoms. The number of unbranched alkanes of at least 4 members (excludes halogenated alkanes) is 11. The molecule has 4 aliphatic rings. The first kappa shape index (κ1) is 48.0. The molecule has 1 saturated heterocycles. The fourth-order valence-electron chi connectivity index (χ4n) is 9.26. The predicted molar refractivity (Wildman–Crippen MR) is 221 cm³/mol. The predicted octanol–water partition coefficient (Wildman–Crippen LogP) is 6.59. The summed E-state index contributed by atoms with van der Waals surface area (Å²) in [6, 6.07) is -2.78. The van der Waals surface area contributed by atoms with Crippen molar-refractivity contribution in [2.24, 2.45) is 28.9 Å². The highest BCUT2D eigenvalue weighted by atomic mass is 16.7. The summed E-state index contributed by atoms with van der Waals surface area (Å²) in [5.74, 6) is -1.24. The van der Waals surface area contributed by atoms with Gasteiger partial charge >= 0.3 is 13.1 Å². The van der Waals surface area contributed by atoms with Crippen molar-refractivity contribution in [1.82, 2.24) is 16.0 Å². The van der Waals surface area contributed by atoms with E-state index in [-0.39, 0.29) is 53.9 Å². The second-order valence-corrected chi connectivity index (χ2v) is 18.3. The van der Waals surface area contributed by atoms with Crippen LogP contribution in [0, 0.1) is 23.2 Å².